The first kappa shape index (κ1) is 14.7. The highest BCUT2D eigenvalue weighted by atomic mass is 35.5. The first-order valence-electron chi connectivity index (χ1n) is 5.63. The minimum absolute atomic E-state index is 0.151. The maximum absolute atomic E-state index is 11.4. The molecule has 3 rings (SSSR count). The van der Waals surface area contributed by atoms with Crippen LogP contribution in [-0.4, -0.2) is 11.1 Å². The van der Waals surface area contributed by atoms with E-state index in [-0.39, 0.29) is 9.90 Å². The molecule has 0 saturated heterocycles. The Kier molecular flexibility index (Phi) is 3.86. The van der Waals surface area contributed by atoms with E-state index in [0.29, 0.717) is 31.7 Å². The fourth-order valence-electron chi connectivity index (χ4n) is 1.88. The number of amides is 1. The van der Waals surface area contributed by atoms with Crippen LogP contribution in [0.3, 0.4) is 0 Å². The van der Waals surface area contributed by atoms with Crippen molar-refractivity contribution >= 4 is 62.3 Å². The molecule has 0 saturated carbocycles. The molecule has 0 atom stereocenters. The second-order valence-electron chi connectivity index (χ2n) is 4.11. The third-order valence-corrected chi connectivity index (χ3v) is 4.95. The molecule has 108 valence electrons. The zero-order valence-electron chi connectivity index (χ0n) is 10.1. The summed E-state index contributed by atoms with van der Waals surface area (Å²) in [5, 5.41) is 9.79. The number of fused-ring (bicyclic) bond motifs is 1. The molecule has 1 aromatic carbocycles. The third-order valence-electron chi connectivity index (χ3n) is 2.81. The van der Waals surface area contributed by atoms with Crippen LogP contribution >= 0.6 is 46.1 Å². The number of carbonyl (C=O) groups excluding carboxylic acids is 1. The Morgan fingerprint density at radius 1 is 1.24 bits per heavy atom. The van der Waals surface area contributed by atoms with Gasteiger partial charge in [-0.25, -0.2) is 5.48 Å². The Labute approximate surface area is 137 Å². The molecule has 0 spiro atoms. The van der Waals surface area contributed by atoms with Gasteiger partial charge in [-0.3, -0.25) is 10.0 Å². The largest absolute Gasteiger partial charge is 0.454 e. The van der Waals surface area contributed by atoms with Crippen LogP contribution in [0.5, 0.6) is 0 Å². The Hall–Kier alpha value is -1.24. The number of furan rings is 1. The molecular weight excluding hydrogens is 357 g/mol. The molecule has 3 aromatic rings. The molecule has 0 unspecified atom stereocenters. The maximum atomic E-state index is 11.4. The molecule has 0 aliphatic rings. The molecule has 21 heavy (non-hydrogen) atoms. The number of carbonyl (C=O) groups is 1. The topological polar surface area (TPSA) is 62.5 Å². The van der Waals surface area contributed by atoms with Crippen molar-refractivity contribution in [2.45, 2.75) is 0 Å². The lowest BCUT2D eigenvalue weighted by molar-refractivity contribution is 0.0711. The Balaban J connectivity index is 2.12. The van der Waals surface area contributed by atoms with Crippen LogP contribution in [0.4, 0.5) is 0 Å². The van der Waals surface area contributed by atoms with Crippen LogP contribution in [0.25, 0.3) is 21.6 Å². The second kappa shape index (κ2) is 5.51. The number of hydrogen-bond donors (Lipinski definition) is 2. The van der Waals surface area contributed by atoms with Gasteiger partial charge in [-0.2, -0.15) is 0 Å². The van der Waals surface area contributed by atoms with Crippen LogP contribution in [0.1, 0.15) is 9.67 Å². The molecule has 2 heterocycles. The van der Waals surface area contributed by atoms with Crippen LogP contribution < -0.4 is 5.48 Å². The Morgan fingerprint density at radius 3 is 2.62 bits per heavy atom. The lowest BCUT2D eigenvalue weighted by atomic mass is 10.2. The van der Waals surface area contributed by atoms with Gasteiger partial charge < -0.3 is 4.42 Å². The summed E-state index contributed by atoms with van der Waals surface area (Å²) in [6.45, 7) is 0. The monoisotopic (exact) mass is 361 g/mol. The zero-order chi connectivity index (χ0) is 15.1. The van der Waals surface area contributed by atoms with Crippen molar-refractivity contribution < 1.29 is 14.4 Å². The average Bonchev–Trinajstić information content (AvgIpc) is 2.98. The number of halogens is 3. The predicted molar refractivity (Wildman–Crippen MR) is 83.8 cm³/mol. The fourth-order valence-corrected chi connectivity index (χ4v) is 3.72. The van der Waals surface area contributed by atoms with E-state index in [2.05, 4.69) is 0 Å². The van der Waals surface area contributed by atoms with Crippen molar-refractivity contribution in [3.63, 3.8) is 0 Å². The molecule has 4 nitrogen and oxygen atoms in total. The second-order valence-corrected chi connectivity index (χ2v) is 6.39. The van der Waals surface area contributed by atoms with E-state index >= 15 is 0 Å². The molecule has 2 N–H and O–H groups in total. The van der Waals surface area contributed by atoms with E-state index in [4.69, 9.17) is 44.4 Å². The summed E-state index contributed by atoms with van der Waals surface area (Å²) in [7, 11) is 0. The number of hydrogen-bond acceptors (Lipinski definition) is 4. The van der Waals surface area contributed by atoms with E-state index < -0.39 is 5.91 Å². The molecule has 0 aliphatic heterocycles. The summed E-state index contributed by atoms with van der Waals surface area (Å²) >= 11 is 19.2. The number of thiophene rings is 1. The average molecular weight is 363 g/mol. The molecular formula is C13H6Cl3NO3S. The summed E-state index contributed by atoms with van der Waals surface area (Å²) in [5.41, 5.74) is 2.59. The Bertz CT molecular complexity index is 856. The van der Waals surface area contributed by atoms with Crippen LogP contribution in [-0.2, 0) is 0 Å². The fraction of sp³-hybridized carbons (Fsp3) is 0. The quantitative estimate of drug-likeness (QED) is 0.484. The molecule has 0 radical (unpaired) electrons. The SMILES string of the molecule is O=C(NO)c1sc2cc(-c3ccc(Cl)cc3Cl)oc2c1Cl. The van der Waals surface area contributed by atoms with Crippen LogP contribution in [0.2, 0.25) is 15.1 Å². The van der Waals surface area contributed by atoms with E-state index in [1.165, 1.54) is 0 Å². The van der Waals surface area contributed by atoms with Gasteiger partial charge in [0.1, 0.15) is 15.7 Å². The standard InChI is InChI=1S/C13H6Cl3NO3S/c14-5-1-2-6(7(15)3-5)8-4-9-11(20-8)10(16)12(21-9)13(18)17-19/h1-4,19H,(H,17,18). The summed E-state index contributed by atoms with van der Waals surface area (Å²) in [5.74, 6) is -0.154. The smallest absolute Gasteiger partial charge is 0.286 e. The van der Waals surface area contributed by atoms with Gasteiger partial charge in [0.05, 0.1) is 9.72 Å². The van der Waals surface area contributed by atoms with E-state index in [9.17, 15) is 4.79 Å². The van der Waals surface area contributed by atoms with E-state index in [1.807, 2.05) is 0 Å². The molecule has 0 bridgehead atoms. The van der Waals surface area contributed by atoms with E-state index in [1.54, 1.807) is 29.7 Å². The number of hydroxylamine groups is 1. The van der Waals surface area contributed by atoms with Crippen molar-refractivity contribution in [2.24, 2.45) is 0 Å². The van der Waals surface area contributed by atoms with Crippen molar-refractivity contribution in [1.82, 2.24) is 5.48 Å². The number of benzene rings is 1. The summed E-state index contributed by atoms with van der Waals surface area (Å²) < 4.78 is 6.35. The highest BCUT2D eigenvalue weighted by molar-refractivity contribution is 7.21. The van der Waals surface area contributed by atoms with Crippen molar-refractivity contribution in [2.75, 3.05) is 0 Å². The van der Waals surface area contributed by atoms with Gasteiger partial charge in [-0.15, -0.1) is 11.3 Å². The van der Waals surface area contributed by atoms with Crippen molar-refractivity contribution in [3.8, 4) is 11.3 Å². The van der Waals surface area contributed by atoms with Gasteiger partial charge in [0.15, 0.2) is 5.58 Å². The summed E-state index contributed by atoms with van der Waals surface area (Å²) in [6, 6.07) is 6.78. The van der Waals surface area contributed by atoms with Crippen molar-refractivity contribution in [3.05, 3.63) is 44.2 Å². The number of rotatable bonds is 2. The van der Waals surface area contributed by atoms with Crippen LogP contribution in [0, 0.1) is 0 Å². The summed E-state index contributed by atoms with van der Waals surface area (Å²) in [4.78, 5) is 11.6. The summed E-state index contributed by atoms with van der Waals surface area (Å²) in [6.07, 6.45) is 0. The van der Waals surface area contributed by atoms with Gasteiger partial charge in [0.2, 0.25) is 0 Å². The van der Waals surface area contributed by atoms with Gasteiger partial charge in [-0.05, 0) is 18.2 Å². The first-order chi connectivity index (χ1) is 10.0. The molecule has 0 aliphatic carbocycles. The van der Waals surface area contributed by atoms with E-state index in [0.717, 1.165) is 11.3 Å². The highest BCUT2D eigenvalue weighted by Gasteiger charge is 2.21. The maximum Gasteiger partial charge on any atom is 0.286 e. The minimum atomic E-state index is -0.678. The van der Waals surface area contributed by atoms with Gasteiger partial charge in [-0.1, -0.05) is 34.8 Å². The molecule has 1 amide bonds. The van der Waals surface area contributed by atoms with Gasteiger partial charge in [0, 0.05) is 16.7 Å². The minimum Gasteiger partial charge on any atom is -0.454 e. The molecule has 0 fully saturated rings. The van der Waals surface area contributed by atoms with Gasteiger partial charge >= 0.3 is 0 Å². The lowest BCUT2D eigenvalue weighted by Crippen LogP contribution is -2.17. The van der Waals surface area contributed by atoms with Gasteiger partial charge in [0.25, 0.3) is 5.91 Å². The normalized spacial score (nSPS) is 11.0. The van der Waals surface area contributed by atoms with Crippen LogP contribution in [0.15, 0.2) is 28.7 Å². The lowest BCUT2D eigenvalue weighted by Gasteiger charge is -2.01. The molecule has 2 aromatic heterocycles. The number of nitrogens with one attached hydrogen (secondary N) is 1. The molecule has 8 heteroatoms. The zero-order valence-corrected chi connectivity index (χ0v) is 13.2. The Morgan fingerprint density at radius 2 is 2.00 bits per heavy atom. The van der Waals surface area contributed by atoms with Crippen molar-refractivity contribution in [1.29, 1.82) is 0 Å². The predicted octanol–water partition coefficient (Wildman–Crippen LogP) is 5.24. The highest BCUT2D eigenvalue weighted by Crippen LogP contribution is 2.41. The first-order valence-corrected chi connectivity index (χ1v) is 7.58. The third kappa shape index (κ3) is 2.52.